The van der Waals surface area contributed by atoms with Gasteiger partial charge in [-0.15, -0.1) is 11.3 Å². The van der Waals surface area contributed by atoms with Crippen molar-refractivity contribution in [2.24, 2.45) is 0 Å². The maximum Gasteiger partial charge on any atom is 0.185 e. The number of rotatable bonds is 4. The lowest BCUT2D eigenvalue weighted by atomic mass is 10.2. The van der Waals surface area contributed by atoms with Crippen LogP contribution in [0.25, 0.3) is 0 Å². The van der Waals surface area contributed by atoms with E-state index >= 15 is 0 Å². The lowest BCUT2D eigenvalue weighted by Gasteiger charge is -2.19. The van der Waals surface area contributed by atoms with Crippen LogP contribution in [0.3, 0.4) is 0 Å². The molecule has 0 aliphatic heterocycles. The molecule has 0 fully saturated rings. The van der Waals surface area contributed by atoms with Crippen LogP contribution in [-0.4, -0.2) is 11.5 Å². The fraction of sp³-hybridized carbons (Fsp3) is 0.250. The number of nitrogen functional groups attached to an aromatic ring is 1. The van der Waals surface area contributed by atoms with Crippen LogP contribution in [0.1, 0.15) is 12.5 Å². The van der Waals surface area contributed by atoms with Crippen LogP contribution in [0.2, 0.25) is 0 Å². The fourth-order valence-electron chi connectivity index (χ4n) is 1.60. The minimum Gasteiger partial charge on any atom is -0.399 e. The van der Waals surface area contributed by atoms with Crippen molar-refractivity contribution >= 4 is 22.2 Å². The summed E-state index contributed by atoms with van der Waals surface area (Å²) in [5, 5.41) is 3.06. The Bertz CT molecular complexity index is 439. The highest BCUT2D eigenvalue weighted by atomic mass is 32.1. The lowest BCUT2D eigenvalue weighted by molar-refractivity contribution is 0.827. The van der Waals surface area contributed by atoms with Gasteiger partial charge in [0.1, 0.15) is 0 Å². The van der Waals surface area contributed by atoms with Crippen molar-refractivity contribution < 1.29 is 0 Å². The molecular weight excluding hydrogens is 218 g/mol. The molecule has 0 bridgehead atoms. The van der Waals surface area contributed by atoms with E-state index in [1.165, 1.54) is 5.56 Å². The van der Waals surface area contributed by atoms with Crippen LogP contribution >= 0.6 is 11.3 Å². The third-order valence-corrected chi connectivity index (χ3v) is 3.23. The van der Waals surface area contributed by atoms with Crippen molar-refractivity contribution in [3.63, 3.8) is 0 Å². The molecule has 1 heterocycles. The highest BCUT2D eigenvalue weighted by Crippen LogP contribution is 2.20. The Hall–Kier alpha value is -1.55. The number of benzene rings is 1. The van der Waals surface area contributed by atoms with Crippen LogP contribution in [-0.2, 0) is 6.54 Å². The number of thiazole rings is 1. The summed E-state index contributed by atoms with van der Waals surface area (Å²) in [6.07, 6.45) is 1.84. The number of nitrogens with zero attached hydrogens (tertiary/aromatic N) is 2. The summed E-state index contributed by atoms with van der Waals surface area (Å²) in [5.74, 6) is 0. The second-order valence-corrected chi connectivity index (χ2v) is 4.45. The molecule has 0 saturated heterocycles. The van der Waals surface area contributed by atoms with Gasteiger partial charge >= 0.3 is 0 Å². The predicted octanol–water partition coefficient (Wildman–Crippen LogP) is 2.75. The summed E-state index contributed by atoms with van der Waals surface area (Å²) in [5.41, 5.74) is 7.80. The topological polar surface area (TPSA) is 42.1 Å². The third kappa shape index (κ3) is 2.52. The number of nitrogens with two attached hydrogens (primary N) is 1. The van der Waals surface area contributed by atoms with Crippen molar-refractivity contribution in [2.75, 3.05) is 17.2 Å². The first-order valence-corrected chi connectivity index (χ1v) is 6.16. The molecule has 1 aromatic carbocycles. The number of anilines is 2. The van der Waals surface area contributed by atoms with Gasteiger partial charge in [0.15, 0.2) is 5.13 Å². The quantitative estimate of drug-likeness (QED) is 0.826. The average Bonchev–Trinajstić information content (AvgIpc) is 2.79. The number of hydrogen-bond donors (Lipinski definition) is 1. The number of hydrogen-bond acceptors (Lipinski definition) is 4. The molecule has 0 radical (unpaired) electrons. The lowest BCUT2D eigenvalue weighted by Crippen LogP contribution is -2.21. The Morgan fingerprint density at radius 3 is 2.94 bits per heavy atom. The molecule has 0 atom stereocenters. The Morgan fingerprint density at radius 1 is 1.44 bits per heavy atom. The Labute approximate surface area is 99.5 Å². The molecule has 0 saturated carbocycles. The molecule has 0 aliphatic rings. The van der Waals surface area contributed by atoms with Gasteiger partial charge in [-0.3, -0.25) is 0 Å². The Balaban J connectivity index is 2.13. The van der Waals surface area contributed by atoms with E-state index in [9.17, 15) is 0 Å². The van der Waals surface area contributed by atoms with Gasteiger partial charge in [-0.25, -0.2) is 4.98 Å². The number of aromatic nitrogens is 1. The van der Waals surface area contributed by atoms with Crippen molar-refractivity contribution in [2.45, 2.75) is 13.5 Å². The first-order chi connectivity index (χ1) is 7.79. The minimum atomic E-state index is 0.813. The third-order valence-electron chi connectivity index (χ3n) is 2.40. The van der Waals surface area contributed by atoms with Gasteiger partial charge < -0.3 is 10.6 Å². The summed E-state index contributed by atoms with van der Waals surface area (Å²) in [6.45, 7) is 3.94. The molecule has 84 valence electrons. The van der Waals surface area contributed by atoms with E-state index < -0.39 is 0 Å². The maximum atomic E-state index is 5.76. The van der Waals surface area contributed by atoms with Crippen molar-refractivity contribution in [3.8, 4) is 0 Å². The second-order valence-electron chi connectivity index (χ2n) is 3.57. The molecule has 0 amide bonds. The van der Waals surface area contributed by atoms with Gasteiger partial charge in [-0.2, -0.15) is 0 Å². The van der Waals surface area contributed by atoms with Gasteiger partial charge in [-0.1, -0.05) is 12.1 Å². The van der Waals surface area contributed by atoms with Crippen LogP contribution in [0.4, 0.5) is 10.8 Å². The molecule has 0 aliphatic carbocycles. The Morgan fingerprint density at radius 2 is 2.31 bits per heavy atom. The zero-order valence-electron chi connectivity index (χ0n) is 9.26. The van der Waals surface area contributed by atoms with Gasteiger partial charge in [0.2, 0.25) is 0 Å². The zero-order valence-corrected chi connectivity index (χ0v) is 10.1. The molecule has 2 N–H and O–H groups in total. The standard InChI is InChI=1S/C12H15N3S/c1-2-15(12-14-6-7-16-12)9-10-4-3-5-11(13)8-10/h3-8H,2,9,13H2,1H3. The first kappa shape index (κ1) is 11.0. The normalized spacial score (nSPS) is 10.3. The molecule has 0 unspecified atom stereocenters. The van der Waals surface area contributed by atoms with E-state index in [1.54, 1.807) is 11.3 Å². The van der Waals surface area contributed by atoms with Gasteiger partial charge in [0.25, 0.3) is 0 Å². The SMILES string of the molecule is CCN(Cc1cccc(N)c1)c1nccs1. The van der Waals surface area contributed by atoms with Crippen LogP contribution in [0, 0.1) is 0 Å². The van der Waals surface area contributed by atoms with Crippen molar-refractivity contribution in [3.05, 3.63) is 41.4 Å². The Kier molecular flexibility index (Phi) is 3.41. The molecule has 2 rings (SSSR count). The maximum absolute atomic E-state index is 5.76. The van der Waals surface area contributed by atoms with Crippen LogP contribution < -0.4 is 10.6 Å². The molecule has 16 heavy (non-hydrogen) atoms. The molecular formula is C12H15N3S. The predicted molar refractivity (Wildman–Crippen MR) is 69.7 cm³/mol. The van der Waals surface area contributed by atoms with E-state index in [0.717, 1.165) is 23.9 Å². The van der Waals surface area contributed by atoms with Gasteiger partial charge in [-0.05, 0) is 24.6 Å². The average molecular weight is 233 g/mol. The van der Waals surface area contributed by atoms with Crippen LogP contribution in [0.5, 0.6) is 0 Å². The molecule has 0 spiro atoms. The zero-order chi connectivity index (χ0) is 11.4. The van der Waals surface area contributed by atoms with Gasteiger partial charge in [0.05, 0.1) is 0 Å². The summed E-state index contributed by atoms with van der Waals surface area (Å²) in [4.78, 5) is 6.55. The van der Waals surface area contributed by atoms with Crippen molar-refractivity contribution in [1.29, 1.82) is 0 Å². The largest absolute Gasteiger partial charge is 0.399 e. The van der Waals surface area contributed by atoms with E-state index in [4.69, 9.17) is 5.73 Å². The second kappa shape index (κ2) is 4.99. The van der Waals surface area contributed by atoms with E-state index in [0.29, 0.717) is 0 Å². The summed E-state index contributed by atoms with van der Waals surface area (Å²) in [7, 11) is 0. The van der Waals surface area contributed by atoms with Crippen molar-refractivity contribution in [1.82, 2.24) is 4.98 Å². The van der Waals surface area contributed by atoms with Crippen LogP contribution in [0.15, 0.2) is 35.8 Å². The molecule has 3 nitrogen and oxygen atoms in total. The first-order valence-electron chi connectivity index (χ1n) is 5.28. The van der Waals surface area contributed by atoms with E-state index in [-0.39, 0.29) is 0 Å². The fourth-order valence-corrected chi connectivity index (χ4v) is 2.31. The summed E-state index contributed by atoms with van der Waals surface area (Å²) in [6, 6.07) is 7.99. The molecule has 1 aromatic heterocycles. The molecule has 2 aromatic rings. The van der Waals surface area contributed by atoms with Gasteiger partial charge in [0, 0.05) is 30.4 Å². The highest BCUT2D eigenvalue weighted by Gasteiger charge is 2.07. The molecule has 4 heteroatoms. The van der Waals surface area contributed by atoms with E-state index in [1.807, 2.05) is 29.8 Å². The smallest absolute Gasteiger partial charge is 0.185 e. The minimum absolute atomic E-state index is 0.813. The highest BCUT2D eigenvalue weighted by molar-refractivity contribution is 7.13. The van der Waals surface area contributed by atoms with E-state index in [2.05, 4.69) is 22.9 Å². The summed E-state index contributed by atoms with van der Waals surface area (Å²) < 4.78 is 0. The monoisotopic (exact) mass is 233 g/mol. The summed E-state index contributed by atoms with van der Waals surface area (Å²) >= 11 is 1.66.